The summed E-state index contributed by atoms with van der Waals surface area (Å²) in [6.45, 7) is 4.64. The van der Waals surface area contributed by atoms with Crippen LogP contribution in [-0.2, 0) is 6.42 Å². The van der Waals surface area contributed by atoms with Gasteiger partial charge in [-0.2, -0.15) is 0 Å². The third-order valence-corrected chi connectivity index (χ3v) is 5.01. The molecule has 0 saturated heterocycles. The van der Waals surface area contributed by atoms with Crippen molar-refractivity contribution in [3.8, 4) is 0 Å². The summed E-state index contributed by atoms with van der Waals surface area (Å²) in [5.41, 5.74) is 8.83. The fourth-order valence-electron chi connectivity index (χ4n) is 3.52. The van der Waals surface area contributed by atoms with Crippen LogP contribution in [0.2, 0.25) is 0 Å². The molecule has 20 heavy (non-hydrogen) atoms. The van der Waals surface area contributed by atoms with Crippen molar-refractivity contribution in [2.24, 2.45) is 17.6 Å². The van der Waals surface area contributed by atoms with Crippen molar-refractivity contribution in [2.75, 3.05) is 0 Å². The smallest absolute Gasteiger partial charge is 0.0705 e. The fraction of sp³-hybridized carbons (Fsp3) is 0.500. The van der Waals surface area contributed by atoms with Crippen LogP contribution in [0.4, 0.5) is 0 Å². The van der Waals surface area contributed by atoms with Crippen LogP contribution in [0.25, 0.3) is 10.9 Å². The molecular weight excluding hydrogens is 244 g/mol. The monoisotopic (exact) mass is 268 g/mol. The van der Waals surface area contributed by atoms with Gasteiger partial charge in [0.15, 0.2) is 0 Å². The molecule has 2 nitrogen and oxygen atoms in total. The van der Waals surface area contributed by atoms with Crippen molar-refractivity contribution in [3.05, 3.63) is 42.1 Å². The average molecular weight is 268 g/mol. The first-order valence-electron chi connectivity index (χ1n) is 7.70. The number of hydrogen-bond donors (Lipinski definition) is 1. The molecule has 2 N–H and O–H groups in total. The Morgan fingerprint density at radius 2 is 2.00 bits per heavy atom. The van der Waals surface area contributed by atoms with E-state index in [1.165, 1.54) is 18.2 Å². The molecule has 3 atom stereocenters. The highest BCUT2D eigenvalue weighted by Crippen LogP contribution is 2.37. The lowest BCUT2D eigenvalue weighted by atomic mass is 9.68. The molecule has 0 spiro atoms. The Morgan fingerprint density at radius 1 is 1.20 bits per heavy atom. The Hall–Kier alpha value is -1.41. The van der Waals surface area contributed by atoms with Crippen LogP contribution in [0.5, 0.6) is 0 Å². The summed E-state index contributed by atoms with van der Waals surface area (Å²) in [7, 11) is 0. The number of pyridine rings is 1. The fourth-order valence-corrected chi connectivity index (χ4v) is 3.52. The molecule has 2 aromatic rings. The summed E-state index contributed by atoms with van der Waals surface area (Å²) in [5.74, 6) is 1.38. The number of aromatic nitrogens is 1. The van der Waals surface area contributed by atoms with Crippen LogP contribution >= 0.6 is 0 Å². The summed E-state index contributed by atoms with van der Waals surface area (Å²) in [6.07, 6.45) is 4.49. The van der Waals surface area contributed by atoms with Crippen LogP contribution in [-0.4, -0.2) is 10.5 Å². The van der Waals surface area contributed by atoms with E-state index < -0.39 is 0 Å². The standard InChI is InChI=1S/C18H24N2/c1-13-9-10-18(19,14(2)11-13)12-16-8-7-15-5-3-4-6-17(15)20-16/h3-8,13-14H,9-12,19H2,1-2H3. The van der Waals surface area contributed by atoms with Crippen molar-refractivity contribution >= 4 is 10.9 Å². The third kappa shape index (κ3) is 2.57. The van der Waals surface area contributed by atoms with E-state index in [-0.39, 0.29) is 5.54 Å². The Labute approximate surface area is 121 Å². The third-order valence-electron chi connectivity index (χ3n) is 5.01. The van der Waals surface area contributed by atoms with E-state index in [2.05, 4.69) is 44.2 Å². The highest BCUT2D eigenvalue weighted by atomic mass is 14.8. The summed E-state index contributed by atoms with van der Waals surface area (Å²) in [4.78, 5) is 4.79. The van der Waals surface area contributed by atoms with E-state index in [1.54, 1.807) is 0 Å². The molecule has 3 rings (SSSR count). The maximum atomic E-state index is 6.70. The van der Waals surface area contributed by atoms with Gasteiger partial charge in [-0.1, -0.05) is 38.1 Å². The lowest BCUT2D eigenvalue weighted by molar-refractivity contribution is 0.162. The number of benzene rings is 1. The quantitative estimate of drug-likeness (QED) is 0.896. The molecule has 1 fully saturated rings. The molecule has 2 heteroatoms. The Kier molecular flexibility index (Phi) is 3.51. The van der Waals surface area contributed by atoms with Crippen LogP contribution in [0, 0.1) is 11.8 Å². The van der Waals surface area contributed by atoms with Crippen LogP contribution in [0.1, 0.15) is 38.8 Å². The van der Waals surface area contributed by atoms with E-state index in [0.29, 0.717) is 5.92 Å². The maximum absolute atomic E-state index is 6.70. The van der Waals surface area contributed by atoms with Crippen molar-refractivity contribution in [3.63, 3.8) is 0 Å². The molecule has 0 bridgehead atoms. The van der Waals surface area contributed by atoms with E-state index in [4.69, 9.17) is 10.7 Å². The molecule has 1 aliphatic rings. The number of rotatable bonds is 2. The summed E-state index contributed by atoms with van der Waals surface area (Å²) in [6, 6.07) is 12.6. The van der Waals surface area contributed by atoms with Gasteiger partial charge in [-0.15, -0.1) is 0 Å². The van der Waals surface area contributed by atoms with E-state index >= 15 is 0 Å². The van der Waals surface area contributed by atoms with Gasteiger partial charge < -0.3 is 5.73 Å². The lowest BCUT2D eigenvalue weighted by Gasteiger charge is -2.42. The number of para-hydroxylation sites is 1. The minimum atomic E-state index is -0.0814. The van der Waals surface area contributed by atoms with Crippen LogP contribution in [0.15, 0.2) is 36.4 Å². The van der Waals surface area contributed by atoms with Gasteiger partial charge in [0.05, 0.1) is 5.52 Å². The molecule has 0 aliphatic heterocycles. The Balaban J connectivity index is 1.85. The first-order valence-corrected chi connectivity index (χ1v) is 7.70. The lowest BCUT2D eigenvalue weighted by Crippen LogP contribution is -2.51. The topological polar surface area (TPSA) is 38.9 Å². The van der Waals surface area contributed by atoms with Crippen molar-refractivity contribution in [1.82, 2.24) is 4.98 Å². The zero-order valence-electron chi connectivity index (χ0n) is 12.5. The summed E-state index contributed by atoms with van der Waals surface area (Å²) < 4.78 is 0. The zero-order chi connectivity index (χ0) is 14.2. The van der Waals surface area contributed by atoms with Crippen molar-refractivity contribution in [2.45, 2.75) is 45.1 Å². The van der Waals surface area contributed by atoms with E-state index in [1.807, 2.05) is 6.07 Å². The predicted octanol–water partition coefficient (Wildman–Crippen LogP) is 3.93. The number of fused-ring (bicyclic) bond motifs is 1. The van der Waals surface area contributed by atoms with Gasteiger partial charge in [0.1, 0.15) is 0 Å². The molecule has 1 saturated carbocycles. The highest BCUT2D eigenvalue weighted by molar-refractivity contribution is 5.78. The first kappa shape index (κ1) is 13.6. The minimum Gasteiger partial charge on any atom is -0.325 e. The first-order chi connectivity index (χ1) is 9.57. The van der Waals surface area contributed by atoms with Gasteiger partial charge in [0, 0.05) is 23.0 Å². The minimum absolute atomic E-state index is 0.0814. The second-order valence-corrected chi connectivity index (χ2v) is 6.69. The van der Waals surface area contributed by atoms with Gasteiger partial charge in [0.25, 0.3) is 0 Å². The zero-order valence-corrected chi connectivity index (χ0v) is 12.5. The van der Waals surface area contributed by atoms with Crippen LogP contribution in [0.3, 0.4) is 0 Å². The molecule has 0 amide bonds. The molecule has 3 unspecified atom stereocenters. The Morgan fingerprint density at radius 3 is 2.80 bits per heavy atom. The largest absolute Gasteiger partial charge is 0.325 e. The van der Waals surface area contributed by atoms with E-state index in [0.717, 1.165) is 30.0 Å². The van der Waals surface area contributed by atoms with Crippen LogP contribution < -0.4 is 5.73 Å². The highest BCUT2D eigenvalue weighted by Gasteiger charge is 2.37. The second kappa shape index (κ2) is 5.17. The number of nitrogens with two attached hydrogens (primary N) is 1. The van der Waals surface area contributed by atoms with Gasteiger partial charge in [-0.25, -0.2) is 0 Å². The molecule has 1 aromatic heterocycles. The van der Waals surface area contributed by atoms with Crippen molar-refractivity contribution < 1.29 is 0 Å². The van der Waals surface area contributed by atoms with Gasteiger partial charge in [-0.3, -0.25) is 4.98 Å². The maximum Gasteiger partial charge on any atom is 0.0705 e. The molecule has 106 valence electrons. The van der Waals surface area contributed by atoms with E-state index in [9.17, 15) is 0 Å². The normalized spacial score (nSPS) is 30.6. The summed E-state index contributed by atoms with van der Waals surface area (Å²) in [5, 5.41) is 1.20. The van der Waals surface area contributed by atoms with Gasteiger partial charge >= 0.3 is 0 Å². The summed E-state index contributed by atoms with van der Waals surface area (Å²) >= 11 is 0. The predicted molar refractivity (Wildman–Crippen MR) is 84.5 cm³/mol. The van der Waals surface area contributed by atoms with Crippen molar-refractivity contribution in [1.29, 1.82) is 0 Å². The number of nitrogens with zero attached hydrogens (tertiary/aromatic N) is 1. The Bertz CT molecular complexity index is 607. The van der Waals surface area contributed by atoms with Gasteiger partial charge in [-0.05, 0) is 43.2 Å². The van der Waals surface area contributed by atoms with Gasteiger partial charge in [0.2, 0.25) is 0 Å². The number of hydrogen-bond acceptors (Lipinski definition) is 2. The molecule has 1 aliphatic carbocycles. The average Bonchev–Trinajstić information content (AvgIpc) is 2.44. The molecular formula is C18H24N2. The second-order valence-electron chi connectivity index (χ2n) is 6.69. The molecule has 0 radical (unpaired) electrons. The SMILES string of the molecule is CC1CCC(N)(Cc2ccc3ccccc3n2)C(C)C1. The molecule has 1 aromatic carbocycles. The molecule has 1 heterocycles.